The van der Waals surface area contributed by atoms with E-state index in [1.807, 2.05) is 62.4 Å². The molecule has 0 bridgehead atoms. The Labute approximate surface area is 136 Å². The van der Waals surface area contributed by atoms with Crippen LogP contribution in [0.2, 0.25) is 0 Å². The SMILES string of the molecule is CCC1Nc2ccccc2N(CC(=O)c2ccc(C)cc2)C1=O. The highest BCUT2D eigenvalue weighted by atomic mass is 16.2. The first-order valence-electron chi connectivity index (χ1n) is 7.87. The number of Topliss-reactive ketones (excluding diaryl/α,β-unsaturated/α-hetero) is 1. The molecule has 3 rings (SSSR count). The number of rotatable bonds is 4. The van der Waals surface area contributed by atoms with Gasteiger partial charge >= 0.3 is 0 Å². The van der Waals surface area contributed by atoms with E-state index in [4.69, 9.17) is 0 Å². The van der Waals surface area contributed by atoms with E-state index in [1.54, 1.807) is 4.90 Å². The number of anilines is 2. The number of hydrogen-bond donors (Lipinski definition) is 1. The Bertz CT molecular complexity index is 737. The second-order valence-corrected chi connectivity index (χ2v) is 5.84. The summed E-state index contributed by atoms with van der Waals surface area (Å²) in [5.74, 6) is -0.100. The van der Waals surface area contributed by atoms with Gasteiger partial charge in [0.15, 0.2) is 5.78 Å². The van der Waals surface area contributed by atoms with Crippen molar-refractivity contribution in [1.29, 1.82) is 0 Å². The number of carbonyl (C=O) groups excluding carboxylic acids is 2. The van der Waals surface area contributed by atoms with Crippen LogP contribution in [-0.4, -0.2) is 24.3 Å². The van der Waals surface area contributed by atoms with Crippen molar-refractivity contribution in [3.05, 3.63) is 59.7 Å². The number of para-hydroxylation sites is 2. The summed E-state index contributed by atoms with van der Waals surface area (Å²) in [6.45, 7) is 4.01. The molecule has 1 N–H and O–H groups in total. The molecular weight excluding hydrogens is 288 g/mol. The van der Waals surface area contributed by atoms with Gasteiger partial charge in [0, 0.05) is 5.56 Å². The van der Waals surface area contributed by atoms with E-state index in [9.17, 15) is 9.59 Å². The minimum Gasteiger partial charge on any atom is -0.372 e. The molecule has 0 aromatic heterocycles. The van der Waals surface area contributed by atoms with Crippen LogP contribution in [-0.2, 0) is 4.79 Å². The summed E-state index contributed by atoms with van der Waals surface area (Å²) in [4.78, 5) is 26.8. The molecule has 0 spiro atoms. The van der Waals surface area contributed by atoms with Crippen molar-refractivity contribution >= 4 is 23.1 Å². The quantitative estimate of drug-likeness (QED) is 0.881. The average Bonchev–Trinajstić information content (AvgIpc) is 2.57. The minimum absolute atomic E-state index is 0.0494. The zero-order valence-corrected chi connectivity index (χ0v) is 13.4. The molecule has 1 amide bonds. The number of nitrogens with zero attached hydrogens (tertiary/aromatic N) is 1. The number of ketones is 1. The molecule has 1 heterocycles. The Morgan fingerprint density at radius 3 is 2.52 bits per heavy atom. The lowest BCUT2D eigenvalue weighted by Crippen LogP contribution is -2.48. The Hall–Kier alpha value is -2.62. The minimum atomic E-state index is -0.282. The Kier molecular flexibility index (Phi) is 4.15. The summed E-state index contributed by atoms with van der Waals surface area (Å²) >= 11 is 0. The molecule has 2 aromatic carbocycles. The number of nitrogens with one attached hydrogen (secondary N) is 1. The van der Waals surface area contributed by atoms with Crippen LogP contribution >= 0.6 is 0 Å². The topological polar surface area (TPSA) is 49.4 Å². The molecule has 1 atom stereocenters. The van der Waals surface area contributed by atoms with Gasteiger partial charge in [-0.15, -0.1) is 0 Å². The van der Waals surface area contributed by atoms with Crippen molar-refractivity contribution in [2.75, 3.05) is 16.8 Å². The molecular formula is C19H20N2O2. The van der Waals surface area contributed by atoms with E-state index < -0.39 is 0 Å². The summed E-state index contributed by atoms with van der Waals surface area (Å²) in [7, 11) is 0. The van der Waals surface area contributed by atoms with Crippen molar-refractivity contribution in [2.24, 2.45) is 0 Å². The van der Waals surface area contributed by atoms with Gasteiger partial charge in [0.1, 0.15) is 6.04 Å². The smallest absolute Gasteiger partial charge is 0.249 e. The van der Waals surface area contributed by atoms with E-state index >= 15 is 0 Å². The van der Waals surface area contributed by atoms with Crippen LogP contribution in [0, 0.1) is 6.92 Å². The molecule has 1 aliphatic rings. The van der Waals surface area contributed by atoms with Gasteiger partial charge in [0.05, 0.1) is 17.9 Å². The zero-order chi connectivity index (χ0) is 16.4. The maximum atomic E-state index is 12.7. The number of hydrogen-bond acceptors (Lipinski definition) is 3. The first kappa shape index (κ1) is 15.3. The van der Waals surface area contributed by atoms with E-state index in [0.29, 0.717) is 12.0 Å². The van der Waals surface area contributed by atoms with E-state index in [0.717, 1.165) is 16.9 Å². The summed E-state index contributed by atoms with van der Waals surface area (Å²) in [6, 6.07) is 14.8. The van der Waals surface area contributed by atoms with Gasteiger partial charge in [-0.25, -0.2) is 0 Å². The highest BCUT2D eigenvalue weighted by Crippen LogP contribution is 2.32. The lowest BCUT2D eigenvalue weighted by atomic mass is 10.0. The van der Waals surface area contributed by atoms with Crippen molar-refractivity contribution in [1.82, 2.24) is 0 Å². The molecule has 1 unspecified atom stereocenters. The number of carbonyl (C=O) groups is 2. The van der Waals surface area contributed by atoms with Crippen LogP contribution in [0.4, 0.5) is 11.4 Å². The Morgan fingerprint density at radius 2 is 1.83 bits per heavy atom. The molecule has 0 saturated carbocycles. The monoisotopic (exact) mass is 308 g/mol. The number of amides is 1. The van der Waals surface area contributed by atoms with Gasteiger partial charge < -0.3 is 10.2 Å². The first-order valence-corrected chi connectivity index (χ1v) is 7.87. The predicted octanol–water partition coefficient (Wildman–Crippen LogP) is 3.42. The highest BCUT2D eigenvalue weighted by molar-refractivity contribution is 6.10. The third-order valence-electron chi connectivity index (χ3n) is 4.17. The van der Waals surface area contributed by atoms with Gasteiger partial charge in [-0.05, 0) is 25.5 Å². The summed E-state index contributed by atoms with van der Waals surface area (Å²) in [6.07, 6.45) is 0.683. The Balaban J connectivity index is 1.89. The second-order valence-electron chi connectivity index (χ2n) is 5.84. The fourth-order valence-corrected chi connectivity index (χ4v) is 2.80. The number of aryl methyl sites for hydroxylation is 1. The fraction of sp³-hybridized carbons (Fsp3) is 0.263. The first-order chi connectivity index (χ1) is 11.1. The van der Waals surface area contributed by atoms with Crippen molar-refractivity contribution in [3.8, 4) is 0 Å². The summed E-state index contributed by atoms with van der Waals surface area (Å²) in [5.41, 5.74) is 3.40. The molecule has 0 saturated heterocycles. The number of benzene rings is 2. The van der Waals surface area contributed by atoms with Crippen LogP contribution in [0.15, 0.2) is 48.5 Å². The maximum absolute atomic E-state index is 12.7. The van der Waals surface area contributed by atoms with Crippen molar-refractivity contribution in [3.63, 3.8) is 0 Å². The third kappa shape index (κ3) is 2.97. The molecule has 0 fully saturated rings. The standard InChI is InChI=1S/C19H20N2O2/c1-3-15-19(23)21(17-7-5-4-6-16(17)20-15)12-18(22)14-10-8-13(2)9-11-14/h4-11,15,20H,3,12H2,1-2H3. The molecule has 23 heavy (non-hydrogen) atoms. The average molecular weight is 308 g/mol. The van der Waals surface area contributed by atoms with E-state index in [2.05, 4.69) is 5.32 Å². The predicted molar refractivity (Wildman–Crippen MR) is 92.0 cm³/mol. The van der Waals surface area contributed by atoms with Gasteiger partial charge in [-0.3, -0.25) is 9.59 Å². The lowest BCUT2D eigenvalue weighted by Gasteiger charge is -2.34. The van der Waals surface area contributed by atoms with Crippen LogP contribution < -0.4 is 10.2 Å². The highest BCUT2D eigenvalue weighted by Gasteiger charge is 2.32. The molecule has 1 aliphatic heterocycles. The van der Waals surface area contributed by atoms with Gasteiger partial charge in [-0.1, -0.05) is 48.9 Å². The molecule has 0 radical (unpaired) electrons. The Morgan fingerprint density at radius 1 is 1.13 bits per heavy atom. The van der Waals surface area contributed by atoms with Crippen LogP contribution in [0.5, 0.6) is 0 Å². The van der Waals surface area contributed by atoms with Gasteiger partial charge in [-0.2, -0.15) is 0 Å². The number of fused-ring (bicyclic) bond motifs is 1. The van der Waals surface area contributed by atoms with E-state index in [-0.39, 0.29) is 24.3 Å². The summed E-state index contributed by atoms with van der Waals surface area (Å²) in [5, 5.41) is 3.24. The second kappa shape index (κ2) is 6.24. The van der Waals surface area contributed by atoms with E-state index in [1.165, 1.54) is 0 Å². The normalized spacial score (nSPS) is 16.7. The molecule has 4 nitrogen and oxygen atoms in total. The van der Waals surface area contributed by atoms with Crippen molar-refractivity contribution in [2.45, 2.75) is 26.3 Å². The van der Waals surface area contributed by atoms with Crippen molar-refractivity contribution < 1.29 is 9.59 Å². The fourth-order valence-electron chi connectivity index (χ4n) is 2.80. The summed E-state index contributed by atoms with van der Waals surface area (Å²) < 4.78 is 0. The van der Waals surface area contributed by atoms with Crippen LogP contribution in [0.3, 0.4) is 0 Å². The van der Waals surface area contributed by atoms with Gasteiger partial charge in [0.25, 0.3) is 0 Å². The maximum Gasteiger partial charge on any atom is 0.249 e. The molecule has 0 aliphatic carbocycles. The molecule has 4 heteroatoms. The lowest BCUT2D eigenvalue weighted by molar-refractivity contribution is -0.119. The molecule has 118 valence electrons. The van der Waals surface area contributed by atoms with Crippen LogP contribution in [0.25, 0.3) is 0 Å². The van der Waals surface area contributed by atoms with Gasteiger partial charge in [0.2, 0.25) is 5.91 Å². The van der Waals surface area contributed by atoms with Crippen LogP contribution in [0.1, 0.15) is 29.3 Å². The third-order valence-corrected chi connectivity index (χ3v) is 4.17. The zero-order valence-electron chi connectivity index (χ0n) is 13.4. The molecule has 2 aromatic rings. The largest absolute Gasteiger partial charge is 0.372 e.